The van der Waals surface area contributed by atoms with Crippen LogP contribution in [0.25, 0.3) is 0 Å². The van der Waals surface area contributed by atoms with Crippen molar-refractivity contribution in [2.75, 3.05) is 13.2 Å². The summed E-state index contributed by atoms with van der Waals surface area (Å²) in [6.07, 6.45) is 9.76. The SMILES string of the molecule is CCCCCCCOC(=O)c1ccc(O)c(S(=O)(=O)c2cc(C(=O)OCCCCCCC)ccc2O)c1. The summed E-state index contributed by atoms with van der Waals surface area (Å²) in [5, 5.41) is 20.6. The van der Waals surface area contributed by atoms with Crippen LogP contribution in [0.5, 0.6) is 11.5 Å². The summed E-state index contributed by atoms with van der Waals surface area (Å²) in [6.45, 7) is 4.62. The molecule has 0 spiro atoms. The number of hydrogen-bond acceptors (Lipinski definition) is 8. The number of unbranched alkanes of at least 4 members (excludes halogenated alkanes) is 8. The van der Waals surface area contributed by atoms with E-state index in [1.807, 2.05) is 0 Å². The highest BCUT2D eigenvalue weighted by Crippen LogP contribution is 2.34. The summed E-state index contributed by atoms with van der Waals surface area (Å²) in [5.74, 6) is -2.63. The van der Waals surface area contributed by atoms with Gasteiger partial charge in [0.2, 0.25) is 9.84 Å². The molecule has 0 aliphatic carbocycles. The zero-order chi connectivity index (χ0) is 27.3. The lowest BCUT2D eigenvalue weighted by Gasteiger charge is -2.12. The molecule has 0 fully saturated rings. The molecule has 0 bridgehead atoms. The fourth-order valence-electron chi connectivity index (χ4n) is 3.74. The summed E-state index contributed by atoms with van der Waals surface area (Å²) in [4.78, 5) is 23.7. The molecule has 2 rings (SSSR count). The maximum absolute atomic E-state index is 13.3. The van der Waals surface area contributed by atoms with Crippen molar-refractivity contribution in [3.05, 3.63) is 47.5 Å². The van der Waals surface area contributed by atoms with Crippen LogP contribution >= 0.6 is 0 Å². The largest absolute Gasteiger partial charge is 0.507 e. The van der Waals surface area contributed by atoms with E-state index in [1.165, 1.54) is 12.1 Å². The molecule has 0 aliphatic heterocycles. The highest BCUT2D eigenvalue weighted by atomic mass is 32.2. The molecule has 0 aromatic heterocycles. The summed E-state index contributed by atoms with van der Waals surface area (Å²) < 4.78 is 37.1. The van der Waals surface area contributed by atoms with Crippen molar-refractivity contribution in [3.63, 3.8) is 0 Å². The topological polar surface area (TPSA) is 127 Å². The van der Waals surface area contributed by atoms with E-state index in [0.717, 1.165) is 75.6 Å². The van der Waals surface area contributed by atoms with E-state index < -0.39 is 43.1 Å². The van der Waals surface area contributed by atoms with E-state index in [1.54, 1.807) is 0 Å². The standard InChI is InChI=1S/C28H38O8S/c1-3-5-7-9-11-17-35-27(31)21-13-15-23(29)25(19-21)37(33,34)26-20-22(14-16-24(26)30)28(32)36-18-12-10-8-6-4-2/h13-16,19-20,29-30H,3-12,17-18H2,1-2H3. The first-order valence-corrected chi connectivity index (χ1v) is 14.5. The molecule has 8 nitrogen and oxygen atoms in total. The normalized spacial score (nSPS) is 11.3. The molecule has 2 N–H and O–H groups in total. The van der Waals surface area contributed by atoms with E-state index in [9.17, 15) is 28.2 Å². The maximum atomic E-state index is 13.3. The van der Waals surface area contributed by atoms with E-state index in [2.05, 4.69) is 13.8 Å². The van der Waals surface area contributed by atoms with Gasteiger partial charge in [0.1, 0.15) is 21.3 Å². The Bertz CT molecular complexity index is 1060. The predicted molar refractivity (Wildman–Crippen MR) is 140 cm³/mol. The monoisotopic (exact) mass is 534 g/mol. The molecule has 0 radical (unpaired) electrons. The number of ether oxygens (including phenoxy) is 2. The first-order chi connectivity index (χ1) is 17.7. The average Bonchev–Trinajstić information content (AvgIpc) is 2.88. The van der Waals surface area contributed by atoms with Crippen molar-refractivity contribution >= 4 is 21.8 Å². The number of carbonyl (C=O) groups is 2. The van der Waals surface area contributed by atoms with Crippen molar-refractivity contribution in [1.82, 2.24) is 0 Å². The summed E-state index contributed by atoms with van der Waals surface area (Å²) in [7, 11) is -4.50. The summed E-state index contributed by atoms with van der Waals surface area (Å²) >= 11 is 0. The van der Waals surface area contributed by atoms with Crippen LogP contribution in [0.4, 0.5) is 0 Å². The lowest BCUT2D eigenvalue weighted by molar-refractivity contribution is 0.0488. The fraction of sp³-hybridized carbons (Fsp3) is 0.500. The van der Waals surface area contributed by atoms with Gasteiger partial charge >= 0.3 is 11.9 Å². The predicted octanol–water partition coefficient (Wildman–Crippen LogP) is 6.19. The van der Waals surface area contributed by atoms with Crippen LogP contribution in [-0.2, 0) is 19.3 Å². The van der Waals surface area contributed by atoms with Gasteiger partial charge in [-0.3, -0.25) is 0 Å². The van der Waals surface area contributed by atoms with E-state index in [0.29, 0.717) is 12.8 Å². The van der Waals surface area contributed by atoms with Gasteiger partial charge in [0, 0.05) is 0 Å². The number of rotatable bonds is 16. The number of aromatic hydroxyl groups is 2. The summed E-state index contributed by atoms with van der Waals surface area (Å²) in [5.41, 5.74) is -0.105. The number of esters is 2. The van der Waals surface area contributed by atoms with Gasteiger partial charge in [-0.25, -0.2) is 18.0 Å². The number of phenols is 2. The second-order valence-corrected chi connectivity index (χ2v) is 10.9. The minimum absolute atomic E-state index is 0.0527. The van der Waals surface area contributed by atoms with Crippen LogP contribution in [0, 0.1) is 0 Å². The Balaban J connectivity index is 2.15. The number of sulfone groups is 1. The van der Waals surface area contributed by atoms with E-state index >= 15 is 0 Å². The minimum atomic E-state index is -4.50. The number of benzene rings is 2. The van der Waals surface area contributed by atoms with Gasteiger partial charge in [0.05, 0.1) is 24.3 Å². The smallest absolute Gasteiger partial charge is 0.338 e. The Hall–Kier alpha value is -3.07. The van der Waals surface area contributed by atoms with E-state index in [-0.39, 0.29) is 24.3 Å². The third-order valence-corrected chi connectivity index (χ3v) is 7.74. The molecule has 0 aliphatic rings. The molecular formula is C28H38O8S. The number of carbonyl (C=O) groups excluding carboxylic acids is 2. The van der Waals surface area contributed by atoms with Gasteiger partial charge in [0.15, 0.2) is 0 Å². The third kappa shape index (κ3) is 9.07. The molecule has 204 valence electrons. The Morgan fingerprint density at radius 2 is 1.03 bits per heavy atom. The van der Waals surface area contributed by atoms with Gasteiger partial charge in [-0.2, -0.15) is 0 Å². The third-order valence-electron chi connectivity index (χ3n) is 5.93. The van der Waals surface area contributed by atoms with E-state index in [4.69, 9.17) is 9.47 Å². The second kappa shape index (κ2) is 15.2. The lowest BCUT2D eigenvalue weighted by Crippen LogP contribution is -2.11. The lowest BCUT2D eigenvalue weighted by atomic mass is 10.2. The van der Waals surface area contributed by atoms with Crippen molar-refractivity contribution in [2.24, 2.45) is 0 Å². The van der Waals surface area contributed by atoms with Gasteiger partial charge in [0.25, 0.3) is 0 Å². The number of phenolic OH excluding ortho intramolecular Hbond substituents is 2. The molecule has 0 saturated carbocycles. The van der Waals surface area contributed by atoms with Crippen molar-refractivity contribution in [2.45, 2.75) is 87.8 Å². The van der Waals surface area contributed by atoms with Gasteiger partial charge in [-0.1, -0.05) is 65.2 Å². The Morgan fingerprint density at radius 1 is 0.649 bits per heavy atom. The highest BCUT2D eigenvalue weighted by Gasteiger charge is 2.28. The van der Waals surface area contributed by atoms with Crippen LogP contribution in [-0.4, -0.2) is 43.8 Å². The van der Waals surface area contributed by atoms with Gasteiger partial charge in [-0.05, 0) is 49.2 Å². The van der Waals surface area contributed by atoms with Crippen LogP contribution in [0.2, 0.25) is 0 Å². The quantitative estimate of drug-likeness (QED) is 0.193. The first kappa shape index (κ1) is 30.2. The molecule has 0 heterocycles. The van der Waals surface area contributed by atoms with Gasteiger partial charge in [-0.15, -0.1) is 0 Å². The second-order valence-electron chi connectivity index (χ2n) is 8.97. The average molecular weight is 535 g/mol. The molecule has 37 heavy (non-hydrogen) atoms. The maximum Gasteiger partial charge on any atom is 0.338 e. The fourth-order valence-corrected chi connectivity index (χ4v) is 5.23. The molecule has 0 amide bonds. The molecule has 0 unspecified atom stereocenters. The zero-order valence-electron chi connectivity index (χ0n) is 21.7. The molecule has 9 heteroatoms. The Kier molecular flexibility index (Phi) is 12.4. The Labute approximate surface area is 219 Å². The molecule has 0 atom stereocenters. The molecule has 0 saturated heterocycles. The highest BCUT2D eigenvalue weighted by molar-refractivity contribution is 7.91. The number of hydrogen-bond donors (Lipinski definition) is 2. The van der Waals surface area contributed by atoms with Crippen LogP contribution in [0.15, 0.2) is 46.2 Å². The van der Waals surface area contributed by atoms with Crippen molar-refractivity contribution < 1.29 is 37.7 Å². The summed E-state index contributed by atoms with van der Waals surface area (Å²) in [6, 6.07) is 6.70. The zero-order valence-corrected chi connectivity index (χ0v) is 22.5. The van der Waals surface area contributed by atoms with Crippen molar-refractivity contribution in [1.29, 1.82) is 0 Å². The van der Waals surface area contributed by atoms with Gasteiger partial charge < -0.3 is 19.7 Å². The van der Waals surface area contributed by atoms with Crippen LogP contribution in [0.3, 0.4) is 0 Å². The molecular weight excluding hydrogens is 496 g/mol. The minimum Gasteiger partial charge on any atom is -0.507 e. The molecule has 2 aromatic carbocycles. The Morgan fingerprint density at radius 3 is 1.41 bits per heavy atom. The van der Waals surface area contributed by atoms with Crippen LogP contribution in [0.1, 0.15) is 98.8 Å². The molecule has 2 aromatic rings. The van der Waals surface area contributed by atoms with Crippen LogP contribution < -0.4 is 0 Å². The first-order valence-electron chi connectivity index (χ1n) is 13.0. The van der Waals surface area contributed by atoms with Crippen molar-refractivity contribution in [3.8, 4) is 11.5 Å².